The molecule has 1 aliphatic carbocycles. The fourth-order valence-corrected chi connectivity index (χ4v) is 4.53. The summed E-state index contributed by atoms with van der Waals surface area (Å²) in [4.78, 5) is 38.9. The lowest BCUT2D eigenvalue weighted by atomic mass is 9.99. The van der Waals surface area contributed by atoms with Crippen LogP contribution in [0.1, 0.15) is 26.7 Å². The van der Waals surface area contributed by atoms with Crippen molar-refractivity contribution in [3.8, 4) is 0 Å². The van der Waals surface area contributed by atoms with E-state index in [0.29, 0.717) is 19.6 Å². The Morgan fingerprint density at radius 1 is 1.33 bits per heavy atom. The van der Waals surface area contributed by atoms with Gasteiger partial charge in [0.05, 0.1) is 19.6 Å². The van der Waals surface area contributed by atoms with Crippen molar-refractivity contribution in [2.75, 3.05) is 26.9 Å². The van der Waals surface area contributed by atoms with Crippen LogP contribution in [0.25, 0.3) is 0 Å². The predicted octanol–water partition coefficient (Wildman–Crippen LogP) is 0.819. The Morgan fingerprint density at radius 2 is 2.04 bits per heavy atom. The van der Waals surface area contributed by atoms with Crippen molar-refractivity contribution in [3.63, 3.8) is 0 Å². The van der Waals surface area contributed by atoms with Crippen LogP contribution in [0.4, 0.5) is 8.78 Å². The van der Waals surface area contributed by atoms with Crippen LogP contribution in [0.5, 0.6) is 0 Å². The van der Waals surface area contributed by atoms with E-state index in [0.717, 1.165) is 0 Å². The minimum Gasteiger partial charge on any atom is -0.467 e. The Morgan fingerprint density at radius 3 is 2.59 bits per heavy atom. The molecule has 5 atom stereocenters. The average molecular weight is 388 g/mol. The van der Waals surface area contributed by atoms with Gasteiger partial charge in [0, 0.05) is 25.5 Å². The van der Waals surface area contributed by atoms with Crippen LogP contribution >= 0.6 is 0 Å². The van der Waals surface area contributed by atoms with Gasteiger partial charge in [-0.1, -0.05) is 13.8 Å². The number of ether oxygens (including phenoxy) is 2. The molecular weight excluding hydrogens is 362 g/mol. The highest BCUT2D eigenvalue weighted by molar-refractivity contribution is 5.92. The van der Waals surface area contributed by atoms with Crippen LogP contribution in [-0.2, 0) is 23.9 Å². The second-order valence-corrected chi connectivity index (χ2v) is 8.16. The molecule has 9 heteroatoms. The third-order valence-electron chi connectivity index (χ3n) is 6.26. The van der Waals surface area contributed by atoms with Gasteiger partial charge in [-0.3, -0.25) is 9.59 Å². The van der Waals surface area contributed by atoms with E-state index in [2.05, 4.69) is 5.32 Å². The Kier molecular flexibility index (Phi) is 5.42. The standard InChI is InChI=1S/C18H26F2N2O5/c1-18(2)10-7-22(14(13(10)18)17(25)26-3)16(24)11(6-12(19)20)21-15(23)9-4-5-27-8-9/h9-14H,4-8H2,1-3H3,(H,21,23)/t9-,10-,11-,13-,14-/m0/s1. The number of hydrogen-bond acceptors (Lipinski definition) is 5. The molecule has 0 aromatic rings. The van der Waals surface area contributed by atoms with Gasteiger partial charge in [0.15, 0.2) is 0 Å². The molecule has 3 aliphatic rings. The molecule has 7 nitrogen and oxygen atoms in total. The first-order chi connectivity index (χ1) is 12.7. The fourth-order valence-electron chi connectivity index (χ4n) is 4.53. The number of rotatable bonds is 6. The van der Waals surface area contributed by atoms with E-state index >= 15 is 0 Å². The zero-order valence-corrected chi connectivity index (χ0v) is 15.7. The highest BCUT2D eigenvalue weighted by atomic mass is 19.3. The summed E-state index contributed by atoms with van der Waals surface area (Å²) in [6, 6.07) is -2.17. The molecule has 0 bridgehead atoms. The number of piperidine rings is 1. The van der Waals surface area contributed by atoms with Gasteiger partial charge in [-0.05, 0) is 17.8 Å². The van der Waals surface area contributed by atoms with E-state index < -0.39 is 48.6 Å². The Bertz CT molecular complexity index is 621. The van der Waals surface area contributed by atoms with Gasteiger partial charge >= 0.3 is 5.97 Å². The molecule has 0 aromatic heterocycles. The summed E-state index contributed by atoms with van der Waals surface area (Å²) in [6.45, 7) is 4.98. The summed E-state index contributed by atoms with van der Waals surface area (Å²) < 4.78 is 36.1. The Hall–Kier alpha value is -1.77. The number of esters is 1. The minimum atomic E-state index is -2.76. The van der Waals surface area contributed by atoms with Crippen molar-refractivity contribution in [2.24, 2.45) is 23.2 Å². The van der Waals surface area contributed by atoms with Crippen molar-refractivity contribution >= 4 is 17.8 Å². The van der Waals surface area contributed by atoms with Crippen molar-refractivity contribution in [1.29, 1.82) is 0 Å². The van der Waals surface area contributed by atoms with Crippen molar-refractivity contribution in [1.82, 2.24) is 10.2 Å². The number of carbonyl (C=O) groups is 3. The molecule has 3 rings (SSSR count). The van der Waals surface area contributed by atoms with Crippen LogP contribution in [0, 0.1) is 23.2 Å². The number of nitrogens with one attached hydrogen (secondary N) is 1. The van der Waals surface area contributed by atoms with E-state index in [-0.39, 0.29) is 23.9 Å². The number of amides is 2. The number of alkyl halides is 2. The van der Waals surface area contributed by atoms with Crippen LogP contribution in [0.3, 0.4) is 0 Å². The number of fused-ring (bicyclic) bond motifs is 1. The third-order valence-corrected chi connectivity index (χ3v) is 6.26. The smallest absolute Gasteiger partial charge is 0.328 e. The second-order valence-electron chi connectivity index (χ2n) is 8.16. The minimum absolute atomic E-state index is 0.0555. The molecule has 0 unspecified atom stereocenters. The summed E-state index contributed by atoms with van der Waals surface area (Å²) in [5.74, 6) is -2.04. The van der Waals surface area contributed by atoms with Gasteiger partial charge < -0.3 is 19.7 Å². The molecule has 0 spiro atoms. The number of nitrogens with zero attached hydrogens (tertiary/aromatic N) is 1. The summed E-state index contributed by atoms with van der Waals surface area (Å²) in [5, 5.41) is 2.45. The van der Waals surface area contributed by atoms with E-state index in [1.165, 1.54) is 12.0 Å². The summed E-state index contributed by atoms with van der Waals surface area (Å²) >= 11 is 0. The van der Waals surface area contributed by atoms with Crippen molar-refractivity contribution in [3.05, 3.63) is 0 Å². The molecule has 2 aliphatic heterocycles. The molecule has 2 heterocycles. The van der Waals surface area contributed by atoms with Crippen LogP contribution in [0.2, 0.25) is 0 Å². The normalized spacial score (nSPS) is 32.1. The largest absolute Gasteiger partial charge is 0.467 e. The van der Waals surface area contributed by atoms with Crippen LogP contribution < -0.4 is 5.32 Å². The number of likely N-dealkylation sites (tertiary alicyclic amines) is 1. The third kappa shape index (κ3) is 3.66. The number of halogens is 2. The van der Waals surface area contributed by atoms with E-state index in [1.807, 2.05) is 13.8 Å². The molecule has 3 fully saturated rings. The van der Waals surface area contributed by atoms with E-state index in [9.17, 15) is 23.2 Å². The first-order valence-electron chi connectivity index (χ1n) is 9.23. The summed E-state index contributed by atoms with van der Waals surface area (Å²) in [7, 11) is 1.24. The predicted molar refractivity (Wildman–Crippen MR) is 89.8 cm³/mol. The lowest BCUT2D eigenvalue weighted by Crippen LogP contribution is -2.55. The van der Waals surface area contributed by atoms with Gasteiger partial charge in [-0.15, -0.1) is 0 Å². The second kappa shape index (κ2) is 7.33. The van der Waals surface area contributed by atoms with Crippen molar-refractivity contribution < 1.29 is 32.6 Å². The van der Waals surface area contributed by atoms with Gasteiger partial charge in [0.2, 0.25) is 18.2 Å². The quantitative estimate of drug-likeness (QED) is 0.681. The van der Waals surface area contributed by atoms with Crippen molar-refractivity contribution in [2.45, 2.75) is 45.2 Å². The van der Waals surface area contributed by atoms with E-state index in [4.69, 9.17) is 9.47 Å². The number of methoxy groups -OCH3 is 1. The lowest BCUT2D eigenvalue weighted by Gasteiger charge is -2.32. The molecule has 0 radical (unpaired) electrons. The maximum Gasteiger partial charge on any atom is 0.328 e. The van der Waals surface area contributed by atoms with Gasteiger partial charge in [-0.2, -0.15) is 0 Å². The summed E-state index contributed by atoms with van der Waals surface area (Å²) in [5.41, 5.74) is -0.0989. The molecule has 1 N–H and O–H groups in total. The maximum absolute atomic E-state index is 13.1. The Labute approximate surface area is 156 Å². The first-order valence-corrected chi connectivity index (χ1v) is 9.23. The first kappa shape index (κ1) is 20.0. The zero-order valence-electron chi connectivity index (χ0n) is 15.7. The molecule has 0 aromatic carbocycles. The number of carbonyl (C=O) groups excluding carboxylic acids is 3. The zero-order chi connectivity index (χ0) is 19.9. The van der Waals surface area contributed by atoms with Gasteiger partial charge in [-0.25, -0.2) is 13.6 Å². The lowest BCUT2D eigenvalue weighted by molar-refractivity contribution is -0.154. The van der Waals surface area contributed by atoms with Crippen LogP contribution in [-0.4, -0.2) is 68.1 Å². The average Bonchev–Trinajstić information content (AvgIpc) is 3.07. The maximum atomic E-state index is 13.1. The topological polar surface area (TPSA) is 84.9 Å². The molecule has 152 valence electrons. The van der Waals surface area contributed by atoms with E-state index in [1.54, 1.807) is 0 Å². The monoisotopic (exact) mass is 388 g/mol. The highest BCUT2D eigenvalue weighted by Crippen LogP contribution is 2.65. The molecule has 2 saturated heterocycles. The number of hydrogen-bond donors (Lipinski definition) is 1. The van der Waals surface area contributed by atoms with Crippen LogP contribution in [0.15, 0.2) is 0 Å². The van der Waals surface area contributed by atoms with Gasteiger partial charge in [0.1, 0.15) is 12.1 Å². The SMILES string of the molecule is COC(=O)[C@@H]1[C@@H]2[C@H](CN1C(=O)[C@H](CC(F)F)NC(=O)[C@H]1CCOC1)C2(C)C. The Balaban J connectivity index is 1.74. The molecular formula is C18H26F2N2O5. The fraction of sp³-hybridized carbons (Fsp3) is 0.833. The molecule has 2 amide bonds. The van der Waals surface area contributed by atoms with Gasteiger partial charge in [0.25, 0.3) is 0 Å². The molecule has 1 saturated carbocycles. The summed E-state index contributed by atoms with van der Waals surface area (Å²) in [6.07, 6.45) is -3.06. The highest BCUT2D eigenvalue weighted by Gasteiger charge is 2.70. The molecule has 27 heavy (non-hydrogen) atoms.